The molecule has 0 amide bonds. The maximum absolute atomic E-state index is 13.2. The predicted octanol–water partition coefficient (Wildman–Crippen LogP) is 4.20. The first kappa shape index (κ1) is 20.2. The molecular weight excluding hydrogens is 414 g/mol. The number of fused-ring (bicyclic) bond motifs is 2. The Hall–Kier alpha value is -2.74. The molecule has 1 aliphatic carbocycles. The van der Waals surface area contributed by atoms with Crippen LogP contribution >= 0.6 is 11.8 Å². The highest BCUT2D eigenvalue weighted by Crippen LogP contribution is 2.45. The lowest BCUT2D eigenvalue weighted by molar-refractivity contribution is -0.116. The lowest BCUT2D eigenvalue weighted by Crippen LogP contribution is -2.32. The second-order valence-electron chi connectivity index (χ2n) is 8.50. The Balaban J connectivity index is 1.60. The summed E-state index contributed by atoms with van der Waals surface area (Å²) in [6, 6.07) is 5.62. The van der Waals surface area contributed by atoms with E-state index >= 15 is 0 Å². The van der Waals surface area contributed by atoms with Gasteiger partial charge in [-0.25, -0.2) is 4.98 Å². The van der Waals surface area contributed by atoms with Gasteiger partial charge in [-0.1, -0.05) is 31.7 Å². The Morgan fingerprint density at radius 2 is 2.03 bits per heavy atom. The number of thioether (sulfide) groups is 1. The summed E-state index contributed by atoms with van der Waals surface area (Å²) in [4.78, 5) is 33.9. The number of benzene rings is 1. The summed E-state index contributed by atoms with van der Waals surface area (Å²) in [7, 11) is 0. The van der Waals surface area contributed by atoms with Crippen molar-refractivity contribution >= 4 is 23.4 Å². The molecule has 2 aromatic rings. The summed E-state index contributed by atoms with van der Waals surface area (Å²) in [5.41, 5.74) is 2.66. The first-order valence-corrected chi connectivity index (χ1v) is 11.7. The Labute approximate surface area is 184 Å². The minimum absolute atomic E-state index is 0.0804. The Morgan fingerprint density at radius 3 is 2.87 bits per heavy atom. The van der Waals surface area contributed by atoms with Crippen LogP contribution in [-0.4, -0.2) is 28.3 Å². The molecule has 5 rings (SSSR count). The maximum atomic E-state index is 13.2. The normalized spacial score (nSPS) is 19.3. The molecule has 7 nitrogen and oxygen atoms in total. The van der Waals surface area contributed by atoms with Gasteiger partial charge >= 0.3 is 0 Å². The SMILES string of the molecule is CC(C)CCSc1nc2c(c(=O)[nH]1)[C@H](c1ccc3c(c1)OCO3)C1=C(CCCC1=O)N2. The van der Waals surface area contributed by atoms with E-state index in [-0.39, 0.29) is 18.1 Å². The molecule has 0 unspecified atom stereocenters. The molecule has 2 N–H and O–H groups in total. The number of Topliss-reactive ketones (excluding diaryl/α,β-unsaturated/α-hetero) is 1. The lowest BCUT2D eigenvalue weighted by Gasteiger charge is -2.32. The number of aromatic amines is 1. The second-order valence-corrected chi connectivity index (χ2v) is 9.59. The smallest absolute Gasteiger partial charge is 0.257 e. The highest BCUT2D eigenvalue weighted by Gasteiger charge is 2.38. The third-order valence-electron chi connectivity index (χ3n) is 5.90. The van der Waals surface area contributed by atoms with Crippen LogP contribution < -0.4 is 20.3 Å². The fraction of sp³-hybridized carbons (Fsp3) is 0.435. The molecular formula is C23H25N3O4S. The van der Waals surface area contributed by atoms with Gasteiger partial charge in [-0.3, -0.25) is 9.59 Å². The molecule has 0 bridgehead atoms. The van der Waals surface area contributed by atoms with Gasteiger partial charge in [-0.15, -0.1) is 0 Å². The van der Waals surface area contributed by atoms with Crippen LogP contribution in [0, 0.1) is 5.92 Å². The number of nitrogens with one attached hydrogen (secondary N) is 2. The minimum atomic E-state index is -0.473. The van der Waals surface area contributed by atoms with E-state index in [4.69, 9.17) is 14.5 Å². The quantitative estimate of drug-likeness (QED) is 0.533. The van der Waals surface area contributed by atoms with Crippen LogP contribution in [0.15, 0.2) is 39.4 Å². The van der Waals surface area contributed by atoms with Gasteiger partial charge in [-0.2, -0.15) is 0 Å². The summed E-state index contributed by atoms with van der Waals surface area (Å²) in [5, 5.41) is 3.92. The van der Waals surface area contributed by atoms with E-state index in [1.54, 1.807) is 11.8 Å². The third kappa shape index (κ3) is 3.73. The van der Waals surface area contributed by atoms with Gasteiger partial charge in [0.05, 0.1) is 5.56 Å². The molecule has 0 saturated heterocycles. The molecule has 0 saturated carbocycles. The summed E-state index contributed by atoms with van der Waals surface area (Å²) < 4.78 is 11.0. The molecule has 8 heteroatoms. The summed E-state index contributed by atoms with van der Waals surface area (Å²) in [6.45, 7) is 4.53. The summed E-state index contributed by atoms with van der Waals surface area (Å²) in [5.74, 6) is 2.94. The van der Waals surface area contributed by atoms with E-state index in [0.717, 1.165) is 36.3 Å². The average Bonchev–Trinajstić information content (AvgIpc) is 3.20. The van der Waals surface area contributed by atoms with Gasteiger partial charge in [0.2, 0.25) is 6.79 Å². The van der Waals surface area contributed by atoms with Crippen LogP contribution in [0.4, 0.5) is 5.82 Å². The van der Waals surface area contributed by atoms with Crippen LogP contribution in [-0.2, 0) is 4.79 Å². The number of H-pyrrole nitrogens is 1. The van der Waals surface area contributed by atoms with Crippen molar-refractivity contribution in [3.8, 4) is 11.5 Å². The molecule has 31 heavy (non-hydrogen) atoms. The van der Waals surface area contributed by atoms with Crippen molar-refractivity contribution in [2.45, 2.75) is 50.6 Å². The van der Waals surface area contributed by atoms with Crippen LogP contribution in [0.2, 0.25) is 0 Å². The summed E-state index contributed by atoms with van der Waals surface area (Å²) in [6.07, 6.45) is 3.10. The van der Waals surface area contributed by atoms with Crippen molar-refractivity contribution in [3.05, 3.63) is 50.9 Å². The lowest BCUT2D eigenvalue weighted by atomic mass is 9.76. The Kier molecular flexibility index (Phi) is 5.25. The standard InChI is InChI=1S/C23H25N3O4S/c1-12(2)8-9-31-23-25-21-20(22(28)26-23)18(19-14(24-21)4-3-5-15(19)27)13-6-7-16-17(10-13)30-11-29-16/h6-7,10,12,18H,3-5,8-9,11H2,1-2H3,(H2,24,25,26,28)/t18-/m1/s1. The number of anilines is 1. The fourth-order valence-corrected chi connectivity index (χ4v) is 5.43. The van der Waals surface area contributed by atoms with Gasteiger partial charge in [0.25, 0.3) is 5.56 Å². The predicted molar refractivity (Wildman–Crippen MR) is 119 cm³/mol. The van der Waals surface area contributed by atoms with Gasteiger partial charge in [0, 0.05) is 29.4 Å². The van der Waals surface area contributed by atoms with Crippen LogP contribution in [0.3, 0.4) is 0 Å². The molecule has 162 valence electrons. The fourth-order valence-electron chi connectivity index (χ4n) is 4.33. The van der Waals surface area contributed by atoms with E-state index in [0.29, 0.717) is 45.9 Å². The molecule has 3 aliphatic rings. The number of carbonyl (C=O) groups is 1. The third-order valence-corrected chi connectivity index (χ3v) is 6.81. The number of carbonyl (C=O) groups excluding carboxylic acids is 1. The van der Waals surface area contributed by atoms with Gasteiger partial charge in [-0.05, 0) is 42.9 Å². The van der Waals surface area contributed by atoms with Crippen LogP contribution in [0.5, 0.6) is 11.5 Å². The first-order chi connectivity index (χ1) is 15.0. The summed E-state index contributed by atoms with van der Waals surface area (Å²) >= 11 is 1.55. The minimum Gasteiger partial charge on any atom is -0.454 e. The number of hydrogen-bond donors (Lipinski definition) is 2. The van der Waals surface area contributed by atoms with E-state index in [1.165, 1.54) is 0 Å². The highest BCUT2D eigenvalue weighted by atomic mass is 32.2. The van der Waals surface area contributed by atoms with Crippen molar-refractivity contribution in [1.82, 2.24) is 9.97 Å². The van der Waals surface area contributed by atoms with Crippen LogP contribution in [0.1, 0.15) is 56.6 Å². The molecule has 0 radical (unpaired) electrons. The van der Waals surface area contributed by atoms with Crippen molar-refractivity contribution < 1.29 is 14.3 Å². The molecule has 3 heterocycles. The maximum Gasteiger partial charge on any atom is 0.257 e. The number of rotatable bonds is 5. The van der Waals surface area contributed by atoms with Gasteiger partial charge in [0.1, 0.15) is 5.82 Å². The van der Waals surface area contributed by atoms with Crippen LogP contribution in [0.25, 0.3) is 0 Å². The van der Waals surface area contributed by atoms with Crippen molar-refractivity contribution in [1.29, 1.82) is 0 Å². The highest BCUT2D eigenvalue weighted by molar-refractivity contribution is 7.99. The number of ketones is 1. The molecule has 1 aromatic heterocycles. The van der Waals surface area contributed by atoms with Crippen molar-refractivity contribution in [2.75, 3.05) is 17.9 Å². The molecule has 0 spiro atoms. The van der Waals surface area contributed by atoms with Crippen molar-refractivity contribution in [2.24, 2.45) is 5.92 Å². The Morgan fingerprint density at radius 1 is 1.19 bits per heavy atom. The van der Waals surface area contributed by atoms with E-state index in [2.05, 4.69) is 24.1 Å². The second kappa shape index (κ2) is 8.07. The van der Waals surface area contributed by atoms with Gasteiger partial charge in [0.15, 0.2) is 22.4 Å². The zero-order valence-corrected chi connectivity index (χ0v) is 18.4. The topological polar surface area (TPSA) is 93.3 Å². The number of ether oxygens (including phenoxy) is 2. The molecule has 0 fully saturated rings. The van der Waals surface area contributed by atoms with E-state index in [9.17, 15) is 9.59 Å². The zero-order chi connectivity index (χ0) is 21.5. The monoisotopic (exact) mass is 439 g/mol. The van der Waals surface area contributed by atoms with Crippen molar-refractivity contribution in [3.63, 3.8) is 0 Å². The molecule has 1 atom stereocenters. The largest absolute Gasteiger partial charge is 0.454 e. The molecule has 1 aromatic carbocycles. The number of hydrogen-bond acceptors (Lipinski definition) is 7. The first-order valence-electron chi connectivity index (χ1n) is 10.7. The number of aromatic nitrogens is 2. The average molecular weight is 440 g/mol. The molecule has 2 aliphatic heterocycles. The number of allylic oxidation sites excluding steroid dienone is 2. The number of nitrogens with zero attached hydrogens (tertiary/aromatic N) is 1. The van der Waals surface area contributed by atoms with E-state index < -0.39 is 5.92 Å². The zero-order valence-electron chi connectivity index (χ0n) is 17.6. The van der Waals surface area contributed by atoms with Gasteiger partial charge < -0.3 is 19.8 Å². The Bertz CT molecular complexity index is 1140. The van der Waals surface area contributed by atoms with E-state index in [1.807, 2.05) is 18.2 Å².